The van der Waals surface area contributed by atoms with Crippen LogP contribution in [-0.4, -0.2) is 14.1 Å². The van der Waals surface area contributed by atoms with E-state index in [0.29, 0.717) is 0 Å². The molecule has 0 N–H and O–H groups in total. The van der Waals surface area contributed by atoms with Crippen molar-refractivity contribution in [1.82, 2.24) is 0 Å². The van der Waals surface area contributed by atoms with Gasteiger partial charge < -0.3 is 6.33 Å². The molecule has 1 aromatic rings. The maximum absolute atomic E-state index is 2.08. The van der Waals surface area contributed by atoms with Crippen LogP contribution in [0.4, 0.5) is 5.69 Å². The van der Waals surface area contributed by atoms with Gasteiger partial charge in [-0.2, -0.15) is 0 Å². The Morgan fingerprint density at radius 1 is 1.10 bits per heavy atom. The Morgan fingerprint density at radius 2 is 1.60 bits per heavy atom. The summed E-state index contributed by atoms with van der Waals surface area (Å²) in [5.74, 6) is 0. The second-order valence-corrected chi connectivity index (χ2v) is 2.23. The molecule has 0 radical (unpaired) electrons. The predicted molar refractivity (Wildman–Crippen MR) is 41.9 cm³/mol. The fourth-order valence-corrected chi connectivity index (χ4v) is 0.726. The molecular weight excluding hydrogens is 133 g/mol. The van der Waals surface area contributed by atoms with Crippen molar-refractivity contribution < 1.29 is 31.0 Å². The first-order valence-electron chi connectivity index (χ1n) is 3.03. The smallest absolute Gasteiger partial charge is 1.00 e. The molecule has 1 rings (SSSR count). The number of anilines is 1. The molecule has 0 unspecified atom stereocenters. The van der Waals surface area contributed by atoms with E-state index in [1.165, 1.54) is 5.69 Å². The van der Waals surface area contributed by atoms with Crippen LogP contribution in [0.5, 0.6) is 0 Å². The molecule has 0 saturated carbocycles. The second kappa shape index (κ2) is 4.78. The molecule has 1 aromatic carbocycles. The largest absolute Gasteiger partial charge is 1.00 e. The van der Waals surface area contributed by atoms with Gasteiger partial charge in [-0.1, -0.05) is 18.2 Å². The van der Waals surface area contributed by atoms with E-state index in [4.69, 9.17) is 0 Å². The molecule has 0 aliphatic carbocycles. The van der Waals surface area contributed by atoms with Gasteiger partial charge in [0.2, 0.25) is 0 Å². The molecule has 1 nitrogen and oxygen atoms in total. The molecule has 0 aliphatic heterocycles. The molecule has 0 spiro atoms. The minimum Gasteiger partial charge on any atom is -1.00 e. The second-order valence-electron chi connectivity index (χ2n) is 2.23. The van der Waals surface area contributed by atoms with Crippen molar-refractivity contribution in [1.29, 1.82) is 0 Å². The van der Waals surface area contributed by atoms with Gasteiger partial charge >= 0.3 is 29.6 Å². The van der Waals surface area contributed by atoms with Crippen molar-refractivity contribution in [2.45, 2.75) is 0 Å². The zero-order valence-corrected chi connectivity index (χ0v) is 8.83. The van der Waals surface area contributed by atoms with Crippen molar-refractivity contribution in [3.8, 4) is 0 Å². The van der Waals surface area contributed by atoms with Crippen molar-refractivity contribution >= 4 is 5.69 Å². The Bertz CT molecular complexity index is 177. The van der Waals surface area contributed by atoms with E-state index in [1.807, 2.05) is 32.3 Å². The zero-order chi connectivity index (χ0) is 6.69. The Balaban J connectivity index is 0. The Kier molecular flexibility index (Phi) is 4.79. The third-order valence-corrected chi connectivity index (χ3v) is 1.27. The summed E-state index contributed by atoms with van der Waals surface area (Å²) >= 11 is 0. The molecule has 0 aliphatic rings. The number of para-hydroxylation sites is 1. The summed E-state index contributed by atoms with van der Waals surface area (Å²) < 4.78 is 0. The van der Waals surface area contributed by atoms with Gasteiger partial charge in [-0.05, 0) is 12.1 Å². The molecule has 0 aromatic heterocycles. The van der Waals surface area contributed by atoms with Crippen LogP contribution >= 0.6 is 0 Å². The van der Waals surface area contributed by atoms with Gasteiger partial charge in [0, 0.05) is 19.8 Å². The number of benzene rings is 1. The first-order valence-corrected chi connectivity index (χ1v) is 3.03. The number of hydrogen-bond acceptors (Lipinski definition) is 1. The predicted octanol–water partition coefficient (Wildman–Crippen LogP) is -1.13. The van der Waals surface area contributed by atoms with Crippen LogP contribution in [0.3, 0.4) is 0 Å². The number of rotatable bonds is 1. The molecule has 0 heterocycles. The van der Waals surface area contributed by atoms with Gasteiger partial charge in [0.1, 0.15) is 0 Å². The summed E-state index contributed by atoms with van der Waals surface area (Å²) in [6, 6.07) is 10.3. The number of nitrogens with zero attached hydrogens (tertiary/aromatic N) is 1. The van der Waals surface area contributed by atoms with Crippen LogP contribution < -0.4 is 34.5 Å². The van der Waals surface area contributed by atoms with E-state index in [1.54, 1.807) is 0 Å². The van der Waals surface area contributed by atoms with E-state index < -0.39 is 0 Å². The quantitative estimate of drug-likeness (QED) is 0.452. The summed E-state index contributed by atoms with van der Waals surface area (Å²) in [6.45, 7) is 0. The molecule has 10 heavy (non-hydrogen) atoms. The van der Waals surface area contributed by atoms with E-state index in [0.717, 1.165) is 0 Å². The topological polar surface area (TPSA) is 3.24 Å². The van der Waals surface area contributed by atoms with E-state index >= 15 is 0 Å². The van der Waals surface area contributed by atoms with Crippen molar-refractivity contribution in [2.75, 3.05) is 19.0 Å². The summed E-state index contributed by atoms with van der Waals surface area (Å²) in [7, 11) is 4.07. The van der Waals surface area contributed by atoms with Gasteiger partial charge in [0.05, 0.1) is 0 Å². The average Bonchev–Trinajstić information content (AvgIpc) is 1.90. The maximum Gasteiger partial charge on any atom is 1.00 e. The molecule has 0 amide bonds. The van der Waals surface area contributed by atoms with Crippen LogP contribution in [0.25, 0.3) is 0 Å². The Hall–Kier alpha value is 0.0200. The SMILES string of the molecule is CN(C)c1ccccc1.[H-].[Na+]. The molecule has 50 valence electrons. The zero-order valence-electron chi connectivity index (χ0n) is 7.83. The first kappa shape index (κ1) is 10.0. The molecule has 0 saturated heterocycles. The monoisotopic (exact) mass is 145 g/mol. The van der Waals surface area contributed by atoms with Crippen LogP contribution in [0, 0.1) is 0 Å². The van der Waals surface area contributed by atoms with Gasteiger partial charge in [-0.3, -0.25) is 0 Å². The summed E-state index contributed by atoms with van der Waals surface area (Å²) in [5.41, 5.74) is 1.25. The van der Waals surface area contributed by atoms with Crippen LogP contribution in [0.15, 0.2) is 30.3 Å². The molecule has 0 bridgehead atoms. The minimum atomic E-state index is 0. The van der Waals surface area contributed by atoms with Crippen LogP contribution in [0.2, 0.25) is 0 Å². The van der Waals surface area contributed by atoms with Gasteiger partial charge in [-0.15, -0.1) is 0 Å². The summed E-state index contributed by atoms with van der Waals surface area (Å²) in [4.78, 5) is 2.08. The number of hydrogen-bond donors (Lipinski definition) is 0. The van der Waals surface area contributed by atoms with Crippen LogP contribution in [0.1, 0.15) is 1.43 Å². The summed E-state index contributed by atoms with van der Waals surface area (Å²) in [6.07, 6.45) is 0. The van der Waals surface area contributed by atoms with E-state index in [9.17, 15) is 0 Å². The molecule has 0 atom stereocenters. The Morgan fingerprint density at radius 3 is 1.90 bits per heavy atom. The maximum atomic E-state index is 2.08. The Labute approximate surface area is 85.8 Å². The van der Waals surface area contributed by atoms with Crippen molar-refractivity contribution in [3.05, 3.63) is 30.3 Å². The van der Waals surface area contributed by atoms with Gasteiger partial charge in [0.15, 0.2) is 0 Å². The van der Waals surface area contributed by atoms with Gasteiger partial charge in [-0.25, -0.2) is 0 Å². The van der Waals surface area contributed by atoms with Gasteiger partial charge in [0.25, 0.3) is 0 Å². The third-order valence-electron chi connectivity index (χ3n) is 1.27. The molecule has 0 fully saturated rings. The average molecular weight is 145 g/mol. The molecule has 2 heteroatoms. The molecular formula is C8H12NNa. The fourth-order valence-electron chi connectivity index (χ4n) is 0.726. The minimum absolute atomic E-state index is 0. The van der Waals surface area contributed by atoms with Crippen LogP contribution in [-0.2, 0) is 0 Å². The van der Waals surface area contributed by atoms with Crippen molar-refractivity contribution in [2.24, 2.45) is 0 Å². The van der Waals surface area contributed by atoms with E-state index in [-0.39, 0.29) is 31.0 Å². The fraction of sp³-hybridized carbons (Fsp3) is 0.250. The normalized spacial score (nSPS) is 8.20. The standard InChI is InChI=1S/C8H11N.Na.H/c1-9(2)8-6-4-3-5-7-8;;/h3-7H,1-2H3;;/q;+1;-1. The third kappa shape index (κ3) is 2.74. The van der Waals surface area contributed by atoms with E-state index in [2.05, 4.69) is 17.0 Å². The first-order chi connectivity index (χ1) is 4.30. The summed E-state index contributed by atoms with van der Waals surface area (Å²) in [5, 5.41) is 0. The van der Waals surface area contributed by atoms with Crippen molar-refractivity contribution in [3.63, 3.8) is 0 Å².